The van der Waals surface area contributed by atoms with E-state index in [-0.39, 0.29) is 31.7 Å². The number of hydrogen-bond acceptors (Lipinski definition) is 8. The highest BCUT2D eigenvalue weighted by molar-refractivity contribution is 5.71. The largest absolute Gasteiger partial charge is 0.461 e. The molecule has 0 aromatic rings. The van der Waals surface area contributed by atoms with Crippen molar-refractivity contribution in [3.63, 3.8) is 0 Å². The highest BCUT2D eigenvalue weighted by atomic mass is 19.1. The monoisotopic (exact) mass is 364 g/mol. The fraction of sp³-hybridized carbons (Fsp3) is 0.875. The molecule has 2 rings (SSSR count). The maximum atomic E-state index is 12.1. The molecule has 2 saturated heterocycles. The number of hydrogen-bond donors (Lipinski definition) is 3. The Morgan fingerprint density at radius 2 is 2.04 bits per heavy atom. The number of likely N-dealkylation sites (tertiary alicyclic amines) is 1. The van der Waals surface area contributed by atoms with Crippen LogP contribution in [0.5, 0.6) is 0 Å². The summed E-state index contributed by atoms with van der Waals surface area (Å²) in [5, 5.41) is 20.6. The van der Waals surface area contributed by atoms with Crippen molar-refractivity contribution in [3.8, 4) is 0 Å². The number of halogens is 1. The first-order chi connectivity index (χ1) is 12.0. The van der Waals surface area contributed by atoms with E-state index in [0.717, 1.165) is 25.9 Å². The Bertz CT molecular complexity index is 383. The Hall–Kier alpha value is -1.13. The van der Waals surface area contributed by atoms with Crippen LogP contribution in [-0.2, 0) is 19.1 Å². The third-order valence-corrected chi connectivity index (χ3v) is 4.02. The smallest absolute Gasteiger partial charge is 0.320 e. The molecule has 0 aromatic carbocycles. The van der Waals surface area contributed by atoms with E-state index >= 15 is 0 Å². The normalized spacial score (nSPS) is 27.9. The second-order valence-electron chi connectivity index (χ2n) is 6.14. The Kier molecular flexibility index (Phi) is 10.7. The molecule has 2 aliphatic rings. The lowest BCUT2D eigenvalue weighted by molar-refractivity contribution is -0.186. The highest BCUT2D eigenvalue weighted by Crippen LogP contribution is 2.16. The number of piperidine rings is 1. The number of rotatable bonds is 6. The SMILES string of the molecule is CNCC(=O)OC1CCN(CCF)CC1.O=CC1CC(O)CC(O)O1. The quantitative estimate of drug-likeness (QED) is 0.416. The van der Waals surface area contributed by atoms with Crippen LogP contribution in [0.3, 0.4) is 0 Å². The fourth-order valence-corrected chi connectivity index (χ4v) is 2.74. The molecule has 0 bridgehead atoms. The van der Waals surface area contributed by atoms with Gasteiger partial charge in [0, 0.05) is 32.5 Å². The second kappa shape index (κ2) is 12.3. The van der Waals surface area contributed by atoms with Gasteiger partial charge in [0.2, 0.25) is 0 Å². The van der Waals surface area contributed by atoms with E-state index in [1.165, 1.54) is 0 Å². The summed E-state index contributed by atoms with van der Waals surface area (Å²) >= 11 is 0. The first kappa shape index (κ1) is 21.9. The molecule has 0 radical (unpaired) electrons. The van der Waals surface area contributed by atoms with Gasteiger partial charge in [0.25, 0.3) is 0 Å². The summed E-state index contributed by atoms with van der Waals surface area (Å²) in [7, 11) is 1.71. The number of aliphatic hydroxyl groups is 2. The number of likely N-dealkylation sites (N-methyl/N-ethyl adjacent to an activating group) is 1. The minimum absolute atomic E-state index is 0.0155. The number of aldehydes is 1. The fourth-order valence-electron chi connectivity index (χ4n) is 2.74. The molecule has 3 N–H and O–H groups in total. The van der Waals surface area contributed by atoms with Gasteiger partial charge in [0.1, 0.15) is 25.2 Å². The molecule has 146 valence electrons. The van der Waals surface area contributed by atoms with Gasteiger partial charge < -0.3 is 34.7 Å². The van der Waals surface area contributed by atoms with Crippen molar-refractivity contribution in [2.45, 2.75) is 50.3 Å². The molecule has 9 heteroatoms. The van der Waals surface area contributed by atoms with Gasteiger partial charge in [0.05, 0.1) is 12.6 Å². The van der Waals surface area contributed by atoms with Crippen LogP contribution >= 0.6 is 0 Å². The van der Waals surface area contributed by atoms with Crippen LogP contribution in [0.1, 0.15) is 25.7 Å². The molecule has 25 heavy (non-hydrogen) atoms. The van der Waals surface area contributed by atoms with Crippen LogP contribution in [0.15, 0.2) is 0 Å². The molecule has 0 saturated carbocycles. The topological polar surface area (TPSA) is 108 Å². The predicted molar refractivity (Wildman–Crippen MR) is 87.6 cm³/mol. The van der Waals surface area contributed by atoms with Crippen molar-refractivity contribution in [3.05, 3.63) is 0 Å². The lowest BCUT2D eigenvalue weighted by atomic mass is 10.1. The molecular weight excluding hydrogens is 335 g/mol. The van der Waals surface area contributed by atoms with E-state index in [0.29, 0.717) is 19.3 Å². The number of aliphatic hydroxyl groups excluding tert-OH is 2. The number of carbonyl (C=O) groups excluding carboxylic acids is 2. The highest BCUT2D eigenvalue weighted by Gasteiger charge is 2.26. The zero-order chi connectivity index (χ0) is 18.7. The average Bonchev–Trinajstić information content (AvgIpc) is 2.57. The van der Waals surface area contributed by atoms with E-state index in [4.69, 9.17) is 19.7 Å². The van der Waals surface area contributed by atoms with Crippen molar-refractivity contribution in [2.24, 2.45) is 0 Å². The summed E-state index contributed by atoms with van der Waals surface area (Å²) in [6.45, 7) is 2.09. The van der Waals surface area contributed by atoms with E-state index in [1.54, 1.807) is 7.05 Å². The molecular formula is C16H29FN2O6. The number of carbonyl (C=O) groups is 2. The maximum Gasteiger partial charge on any atom is 0.320 e. The minimum Gasteiger partial charge on any atom is -0.461 e. The molecule has 0 amide bonds. The van der Waals surface area contributed by atoms with E-state index in [9.17, 15) is 14.0 Å². The Labute approximate surface area is 147 Å². The molecule has 0 spiro atoms. The van der Waals surface area contributed by atoms with Crippen molar-refractivity contribution in [1.82, 2.24) is 10.2 Å². The maximum absolute atomic E-state index is 12.1. The molecule has 2 heterocycles. The molecule has 0 aromatic heterocycles. The third kappa shape index (κ3) is 9.22. The standard InChI is InChI=1S/C10H19FN2O2.C6H10O4/c1-12-8-10(14)15-9-2-5-13(6-3-9)7-4-11;7-3-5-1-4(8)2-6(9)10-5/h9,12H,2-8H2,1H3;3-6,8-9H,1-2H2. The van der Waals surface area contributed by atoms with E-state index in [1.807, 2.05) is 0 Å². The summed E-state index contributed by atoms with van der Waals surface area (Å²) < 4.78 is 22.0. The molecule has 2 fully saturated rings. The van der Waals surface area contributed by atoms with Crippen LogP contribution in [0.25, 0.3) is 0 Å². The van der Waals surface area contributed by atoms with Crippen LogP contribution in [0.4, 0.5) is 4.39 Å². The predicted octanol–water partition coefficient (Wildman–Crippen LogP) is -0.773. The van der Waals surface area contributed by atoms with Crippen LogP contribution < -0.4 is 5.32 Å². The molecule has 2 aliphatic heterocycles. The molecule has 3 atom stereocenters. The van der Waals surface area contributed by atoms with Crippen LogP contribution in [0, 0.1) is 0 Å². The number of esters is 1. The number of alkyl halides is 1. The summed E-state index contributed by atoms with van der Waals surface area (Å²) in [6, 6.07) is 0. The summed E-state index contributed by atoms with van der Waals surface area (Å²) in [6.07, 6.45) is 0.486. The molecule has 3 unspecified atom stereocenters. The lowest BCUT2D eigenvalue weighted by Crippen LogP contribution is -2.39. The van der Waals surface area contributed by atoms with E-state index in [2.05, 4.69) is 10.2 Å². The number of nitrogens with one attached hydrogen (secondary N) is 1. The lowest BCUT2D eigenvalue weighted by Gasteiger charge is -2.30. The Morgan fingerprint density at radius 1 is 1.36 bits per heavy atom. The molecule has 0 aliphatic carbocycles. The Balaban J connectivity index is 0.000000271. The minimum atomic E-state index is -0.987. The van der Waals surface area contributed by atoms with Crippen molar-refractivity contribution < 1.29 is 33.7 Å². The first-order valence-corrected chi connectivity index (χ1v) is 8.57. The zero-order valence-corrected chi connectivity index (χ0v) is 14.6. The van der Waals surface area contributed by atoms with Gasteiger partial charge in [-0.05, 0) is 19.9 Å². The second-order valence-corrected chi connectivity index (χ2v) is 6.14. The number of nitrogens with zero attached hydrogens (tertiary/aromatic N) is 1. The van der Waals surface area contributed by atoms with Crippen LogP contribution in [-0.4, -0.2) is 91.9 Å². The zero-order valence-electron chi connectivity index (χ0n) is 14.6. The van der Waals surface area contributed by atoms with E-state index < -0.39 is 18.5 Å². The first-order valence-electron chi connectivity index (χ1n) is 8.57. The van der Waals surface area contributed by atoms with Crippen molar-refractivity contribution in [2.75, 3.05) is 39.9 Å². The van der Waals surface area contributed by atoms with Gasteiger partial charge in [-0.1, -0.05) is 0 Å². The average molecular weight is 364 g/mol. The van der Waals surface area contributed by atoms with Crippen molar-refractivity contribution in [1.29, 1.82) is 0 Å². The van der Waals surface area contributed by atoms with Gasteiger partial charge >= 0.3 is 5.97 Å². The summed E-state index contributed by atoms with van der Waals surface area (Å²) in [4.78, 5) is 23.3. The molecule has 8 nitrogen and oxygen atoms in total. The van der Waals surface area contributed by atoms with Gasteiger partial charge in [-0.25, -0.2) is 4.39 Å². The van der Waals surface area contributed by atoms with Gasteiger partial charge in [-0.15, -0.1) is 0 Å². The van der Waals surface area contributed by atoms with Crippen LogP contribution in [0.2, 0.25) is 0 Å². The Morgan fingerprint density at radius 3 is 2.56 bits per heavy atom. The van der Waals surface area contributed by atoms with Crippen molar-refractivity contribution >= 4 is 12.3 Å². The summed E-state index contributed by atoms with van der Waals surface area (Å²) in [5.41, 5.74) is 0. The summed E-state index contributed by atoms with van der Waals surface area (Å²) in [5.74, 6) is -0.207. The van der Waals surface area contributed by atoms with Gasteiger partial charge in [0.15, 0.2) is 6.29 Å². The van der Waals surface area contributed by atoms with Gasteiger partial charge in [-0.3, -0.25) is 4.79 Å². The number of ether oxygens (including phenoxy) is 2. The third-order valence-electron chi connectivity index (χ3n) is 4.02. The van der Waals surface area contributed by atoms with Gasteiger partial charge in [-0.2, -0.15) is 0 Å².